The van der Waals surface area contributed by atoms with Crippen LogP contribution in [0.2, 0.25) is 0 Å². The van der Waals surface area contributed by atoms with Crippen LogP contribution >= 0.6 is 0 Å². The highest BCUT2D eigenvalue weighted by molar-refractivity contribution is 5.59. The molecule has 32 heavy (non-hydrogen) atoms. The van der Waals surface area contributed by atoms with E-state index in [4.69, 9.17) is 10.1 Å². The average Bonchev–Trinajstić information content (AvgIpc) is 3.30. The van der Waals surface area contributed by atoms with Crippen LogP contribution in [0.5, 0.6) is 0 Å². The van der Waals surface area contributed by atoms with Crippen molar-refractivity contribution < 1.29 is 4.39 Å². The Bertz CT molecular complexity index is 1100. The third kappa shape index (κ3) is 3.45. The van der Waals surface area contributed by atoms with Crippen LogP contribution in [0.25, 0.3) is 0 Å². The molecule has 1 saturated heterocycles. The van der Waals surface area contributed by atoms with Gasteiger partial charge in [0.15, 0.2) is 0 Å². The van der Waals surface area contributed by atoms with Gasteiger partial charge in [0.2, 0.25) is 11.9 Å². The van der Waals surface area contributed by atoms with Gasteiger partial charge in [0.05, 0.1) is 0 Å². The molecule has 1 unspecified atom stereocenters. The lowest BCUT2D eigenvalue weighted by atomic mass is 9.92. The summed E-state index contributed by atoms with van der Waals surface area (Å²) in [7, 11) is 0. The summed E-state index contributed by atoms with van der Waals surface area (Å²) in [5.74, 6) is 3.40. The second-order valence-corrected chi connectivity index (χ2v) is 9.13. The summed E-state index contributed by atoms with van der Waals surface area (Å²) in [6, 6.07) is 9.04. The van der Waals surface area contributed by atoms with Crippen LogP contribution < -0.4 is 15.1 Å². The zero-order valence-corrected chi connectivity index (χ0v) is 18.2. The highest BCUT2D eigenvalue weighted by Gasteiger charge is 2.43. The monoisotopic (exact) mass is 434 g/mol. The number of hydrogen-bond acceptors (Lipinski definition) is 7. The molecule has 1 N–H and O–H groups in total. The van der Waals surface area contributed by atoms with Crippen molar-refractivity contribution in [1.82, 2.24) is 24.7 Å². The Balaban J connectivity index is 1.20. The average molecular weight is 435 g/mol. The van der Waals surface area contributed by atoms with E-state index in [2.05, 4.69) is 31.2 Å². The van der Waals surface area contributed by atoms with E-state index in [0.29, 0.717) is 23.8 Å². The first-order valence-corrected chi connectivity index (χ1v) is 11.4. The van der Waals surface area contributed by atoms with E-state index in [1.807, 2.05) is 11.6 Å². The summed E-state index contributed by atoms with van der Waals surface area (Å²) < 4.78 is 15.3. The zero-order chi connectivity index (χ0) is 21.7. The molecule has 8 nitrogen and oxygen atoms in total. The second-order valence-electron chi connectivity index (χ2n) is 9.13. The van der Waals surface area contributed by atoms with E-state index >= 15 is 0 Å². The number of hydrogen-bond donors (Lipinski definition) is 1. The third-order valence-corrected chi connectivity index (χ3v) is 7.03. The summed E-state index contributed by atoms with van der Waals surface area (Å²) in [6.45, 7) is 5.68. The molecule has 0 spiro atoms. The van der Waals surface area contributed by atoms with Gasteiger partial charge >= 0.3 is 0 Å². The standard InChI is InChI=1S/C23H27FN8/c1-15-11-20(26-14-25-15)30-12-16-3-4-17(13-30)21(16)27-22-28-23-31(9-2-10-32(23)29-22)19-7-5-18(24)6-8-19/h5-8,11,14,16-17,21H,2-4,9-10,12-13H2,1H3,(H,27,29)/t16-,17?,21-/m0/s1. The molecule has 2 fully saturated rings. The predicted octanol–water partition coefficient (Wildman–Crippen LogP) is 3.38. The number of nitrogens with zero attached hydrogens (tertiary/aromatic N) is 7. The Kier molecular flexibility index (Phi) is 4.69. The number of anilines is 4. The zero-order valence-electron chi connectivity index (χ0n) is 18.2. The molecule has 2 aliphatic heterocycles. The minimum Gasteiger partial charge on any atom is -0.356 e. The van der Waals surface area contributed by atoms with E-state index < -0.39 is 0 Å². The SMILES string of the molecule is Cc1cc(N2CC3CC[C@@H](C2)[C@@H]3Nc2nc3n(n2)CCCN3c2ccc(F)cc2)ncn1. The molecular weight excluding hydrogens is 407 g/mol. The van der Waals surface area contributed by atoms with Crippen LogP contribution in [0.15, 0.2) is 36.7 Å². The number of fused-ring (bicyclic) bond motifs is 3. The van der Waals surface area contributed by atoms with E-state index in [-0.39, 0.29) is 5.82 Å². The van der Waals surface area contributed by atoms with Crippen LogP contribution in [-0.2, 0) is 6.54 Å². The quantitative estimate of drug-likeness (QED) is 0.675. The maximum Gasteiger partial charge on any atom is 0.244 e. The van der Waals surface area contributed by atoms with Crippen LogP contribution in [0.1, 0.15) is 25.0 Å². The maximum absolute atomic E-state index is 13.4. The van der Waals surface area contributed by atoms with E-state index in [0.717, 1.165) is 55.7 Å². The number of aromatic nitrogens is 5. The molecule has 1 saturated carbocycles. The molecular formula is C23H27FN8. The fourth-order valence-electron chi connectivity index (χ4n) is 5.50. The summed E-state index contributed by atoms with van der Waals surface area (Å²) in [6.07, 6.45) is 5.05. The molecule has 0 radical (unpaired) electrons. The molecule has 4 heterocycles. The lowest BCUT2D eigenvalue weighted by Gasteiger charge is -2.38. The summed E-state index contributed by atoms with van der Waals surface area (Å²) in [5, 5.41) is 8.44. The summed E-state index contributed by atoms with van der Waals surface area (Å²) >= 11 is 0. The molecule has 6 rings (SSSR count). The highest BCUT2D eigenvalue weighted by atomic mass is 19.1. The van der Waals surface area contributed by atoms with Crippen LogP contribution in [0, 0.1) is 24.6 Å². The van der Waals surface area contributed by atoms with E-state index in [9.17, 15) is 4.39 Å². The first-order valence-electron chi connectivity index (χ1n) is 11.4. The minimum absolute atomic E-state index is 0.228. The molecule has 1 aliphatic carbocycles. The Morgan fingerprint density at radius 2 is 1.81 bits per heavy atom. The van der Waals surface area contributed by atoms with Crippen molar-refractivity contribution in [3.8, 4) is 0 Å². The van der Waals surface area contributed by atoms with Gasteiger partial charge in [-0.1, -0.05) is 0 Å². The Labute approximate surface area is 186 Å². The van der Waals surface area contributed by atoms with E-state index in [1.165, 1.54) is 25.0 Å². The fourth-order valence-corrected chi connectivity index (χ4v) is 5.50. The summed E-state index contributed by atoms with van der Waals surface area (Å²) in [5.41, 5.74) is 1.95. The third-order valence-electron chi connectivity index (χ3n) is 7.03. The van der Waals surface area contributed by atoms with Crippen molar-refractivity contribution in [2.45, 2.75) is 38.8 Å². The molecule has 3 aromatic rings. The highest BCUT2D eigenvalue weighted by Crippen LogP contribution is 2.40. The largest absolute Gasteiger partial charge is 0.356 e. The van der Waals surface area contributed by atoms with Gasteiger partial charge in [-0.25, -0.2) is 19.0 Å². The minimum atomic E-state index is -0.228. The van der Waals surface area contributed by atoms with Gasteiger partial charge < -0.3 is 15.1 Å². The van der Waals surface area contributed by atoms with Crippen molar-refractivity contribution in [3.63, 3.8) is 0 Å². The van der Waals surface area contributed by atoms with Crippen molar-refractivity contribution in [2.24, 2.45) is 11.8 Å². The maximum atomic E-state index is 13.4. The first-order chi connectivity index (χ1) is 15.6. The Morgan fingerprint density at radius 1 is 1.03 bits per heavy atom. The molecule has 0 amide bonds. The molecule has 2 bridgehead atoms. The van der Waals surface area contributed by atoms with Crippen molar-refractivity contribution >= 4 is 23.4 Å². The molecule has 166 valence electrons. The lowest BCUT2D eigenvalue weighted by molar-refractivity contribution is 0.374. The van der Waals surface area contributed by atoms with Crippen molar-refractivity contribution in [2.75, 3.05) is 34.8 Å². The van der Waals surface area contributed by atoms with Crippen LogP contribution in [-0.4, -0.2) is 50.4 Å². The smallest absolute Gasteiger partial charge is 0.244 e. The van der Waals surface area contributed by atoms with Gasteiger partial charge in [0.1, 0.15) is 18.0 Å². The van der Waals surface area contributed by atoms with Gasteiger partial charge in [-0.15, -0.1) is 5.10 Å². The number of piperidine rings is 1. The molecule has 9 heteroatoms. The van der Waals surface area contributed by atoms with Crippen LogP contribution in [0.4, 0.5) is 27.8 Å². The Hall–Kier alpha value is -3.23. The van der Waals surface area contributed by atoms with Crippen molar-refractivity contribution in [3.05, 3.63) is 48.2 Å². The molecule has 1 aromatic carbocycles. The van der Waals surface area contributed by atoms with Gasteiger partial charge in [0, 0.05) is 49.7 Å². The Morgan fingerprint density at radius 3 is 2.56 bits per heavy atom. The topological polar surface area (TPSA) is 75.0 Å². The number of nitrogens with one attached hydrogen (secondary N) is 1. The first kappa shape index (κ1) is 19.5. The van der Waals surface area contributed by atoms with Gasteiger partial charge in [-0.05, 0) is 62.3 Å². The number of benzene rings is 1. The second kappa shape index (κ2) is 7.72. The normalized spacial score (nSPS) is 24.5. The molecule has 3 atom stereocenters. The number of aryl methyl sites for hydroxylation is 2. The van der Waals surface area contributed by atoms with Gasteiger partial charge in [0.25, 0.3) is 0 Å². The predicted molar refractivity (Wildman–Crippen MR) is 121 cm³/mol. The van der Waals surface area contributed by atoms with Crippen molar-refractivity contribution in [1.29, 1.82) is 0 Å². The number of halogens is 1. The van der Waals surface area contributed by atoms with Crippen LogP contribution in [0.3, 0.4) is 0 Å². The van der Waals surface area contributed by atoms with E-state index in [1.54, 1.807) is 18.5 Å². The number of rotatable bonds is 4. The molecule has 2 aromatic heterocycles. The van der Waals surface area contributed by atoms with Gasteiger partial charge in [-0.2, -0.15) is 4.98 Å². The lowest BCUT2D eigenvalue weighted by Crippen LogP contribution is -2.48. The molecule has 3 aliphatic rings. The summed E-state index contributed by atoms with van der Waals surface area (Å²) in [4.78, 5) is 18.1. The van der Waals surface area contributed by atoms with Gasteiger partial charge in [-0.3, -0.25) is 0 Å². The fraction of sp³-hybridized carbons (Fsp3) is 0.478.